The van der Waals surface area contributed by atoms with Gasteiger partial charge in [0.15, 0.2) is 16.8 Å². The molecule has 2 aromatic carbocycles. The SMILES string of the molecule is COc1ccccc1-c1nnc(SCC(=O)c2cc(C)c(C)cc2C)n1C. The van der Waals surface area contributed by atoms with Crippen molar-refractivity contribution in [1.29, 1.82) is 0 Å². The highest BCUT2D eigenvalue weighted by Gasteiger charge is 2.17. The van der Waals surface area contributed by atoms with Crippen LogP contribution in [0, 0.1) is 20.8 Å². The van der Waals surface area contributed by atoms with Gasteiger partial charge in [-0.1, -0.05) is 30.0 Å². The van der Waals surface area contributed by atoms with E-state index in [1.54, 1.807) is 7.11 Å². The summed E-state index contributed by atoms with van der Waals surface area (Å²) in [5, 5.41) is 9.24. The number of aryl methyl sites for hydroxylation is 3. The van der Waals surface area contributed by atoms with Crippen molar-refractivity contribution in [3.05, 3.63) is 58.7 Å². The number of benzene rings is 2. The van der Waals surface area contributed by atoms with E-state index in [-0.39, 0.29) is 5.78 Å². The number of carbonyl (C=O) groups excluding carboxylic acids is 1. The molecule has 140 valence electrons. The Morgan fingerprint density at radius 2 is 1.78 bits per heavy atom. The third-order valence-electron chi connectivity index (χ3n) is 4.66. The summed E-state index contributed by atoms with van der Waals surface area (Å²) in [5.41, 5.74) is 4.99. The van der Waals surface area contributed by atoms with Crippen molar-refractivity contribution in [2.24, 2.45) is 7.05 Å². The van der Waals surface area contributed by atoms with E-state index in [1.807, 2.05) is 55.8 Å². The normalized spacial score (nSPS) is 10.9. The fourth-order valence-corrected chi connectivity index (χ4v) is 3.77. The maximum atomic E-state index is 12.7. The van der Waals surface area contributed by atoms with E-state index in [0.717, 1.165) is 28.0 Å². The van der Waals surface area contributed by atoms with Crippen molar-refractivity contribution in [3.63, 3.8) is 0 Å². The van der Waals surface area contributed by atoms with Crippen LogP contribution in [-0.4, -0.2) is 33.4 Å². The van der Waals surface area contributed by atoms with Gasteiger partial charge in [0, 0.05) is 12.6 Å². The van der Waals surface area contributed by atoms with Gasteiger partial charge in [-0.05, 0) is 55.7 Å². The minimum absolute atomic E-state index is 0.0995. The lowest BCUT2D eigenvalue weighted by Crippen LogP contribution is -2.07. The van der Waals surface area contributed by atoms with E-state index < -0.39 is 0 Å². The number of aromatic nitrogens is 3. The molecular formula is C21H23N3O2S. The van der Waals surface area contributed by atoms with Crippen molar-refractivity contribution >= 4 is 17.5 Å². The molecule has 0 spiro atoms. The molecule has 0 fully saturated rings. The maximum absolute atomic E-state index is 12.7. The van der Waals surface area contributed by atoms with Gasteiger partial charge in [-0.3, -0.25) is 4.79 Å². The van der Waals surface area contributed by atoms with Gasteiger partial charge in [-0.2, -0.15) is 0 Å². The molecular weight excluding hydrogens is 358 g/mol. The minimum atomic E-state index is 0.0995. The van der Waals surface area contributed by atoms with Crippen molar-refractivity contribution in [3.8, 4) is 17.1 Å². The Morgan fingerprint density at radius 1 is 1.07 bits per heavy atom. The molecule has 27 heavy (non-hydrogen) atoms. The van der Waals surface area contributed by atoms with Crippen LogP contribution >= 0.6 is 11.8 Å². The van der Waals surface area contributed by atoms with Gasteiger partial charge in [0.2, 0.25) is 0 Å². The molecule has 0 bridgehead atoms. The highest BCUT2D eigenvalue weighted by atomic mass is 32.2. The fourth-order valence-electron chi connectivity index (χ4n) is 2.97. The van der Waals surface area contributed by atoms with Crippen LogP contribution in [0.1, 0.15) is 27.0 Å². The van der Waals surface area contributed by atoms with Gasteiger partial charge in [0.05, 0.1) is 18.4 Å². The number of rotatable bonds is 6. The summed E-state index contributed by atoms with van der Waals surface area (Å²) in [6.07, 6.45) is 0. The zero-order valence-electron chi connectivity index (χ0n) is 16.2. The lowest BCUT2D eigenvalue weighted by molar-refractivity contribution is 0.102. The minimum Gasteiger partial charge on any atom is -0.496 e. The van der Waals surface area contributed by atoms with Crippen LogP contribution in [0.2, 0.25) is 0 Å². The topological polar surface area (TPSA) is 57.0 Å². The van der Waals surface area contributed by atoms with E-state index in [1.165, 1.54) is 17.3 Å². The second kappa shape index (κ2) is 7.96. The van der Waals surface area contributed by atoms with Crippen LogP contribution in [0.25, 0.3) is 11.4 Å². The number of methoxy groups -OCH3 is 1. The number of para-hydroxylation sites is 1. The third-order valence-corrected chi connectivity index (χ3v) is 5.68. The smallest absolute Gasteiger partial charge is 0.191 e. The summed E-state index contributed by atoms with van der Waals surface area (Å²) in [5.74, 6) is 1.87. The summed E-state index contributed by atoms with van der Waals surface area (Å²) in [6.45, 7) is 6.07. The predicted octanol–water partition coefficient (Wildman–Crippen LogP) is 4.39. The van der Waals surface area contributed by atoms with E-state index >= 15 is 0 Å². The number of hydrogen-bond donors (Lipinski definition) is 0. The lowest BCUT2D eigenvalue weighted by atomic mass is 9.99. The number of hydrogen-bond acceptors (Lipinski definition) is 5. The molecule has 0 N–H and O–H groups in total. The molecule has 6 heteroatoms. The number of carbonyl (C=O) groups is 1. The zero-order chi connectivity index (χ0) is 19.6. The van der Waals surface area contributed by atoms with Crippen LogP contribution in [-0.2, 0) is 7.05 Å². The third kappa shape index (κ3) is 3.90. The van der Waals surface area contributed by atoms with Gasteiger partial charge in [-0.15, -0.1) is 10.2 Å². The molecule has 1 heterocycles. The van der Waals surface area contributed by atoms with E-state index in [9.17, 15) is 4.79 Å². The van der Waals surface area contributed by atoms with E-state index in [0.29, 0.717) is 16.7 Å². The molecule has 1 aromatic heterocycles. The first-order valence-corrected chi connectivity index (χ1v) is 9.67. The summed E-state index contributed by atoms with van der Waals surface area (Å²) < 4.78 is 7.30. The zero-order valence-corrected chi connectivity index (χ0v) is 17.1. The number of thioether (sulfide) groups is 1. The second-order valence-corrected chi connectivity index (χ2v) is 7.47. The van der Waals surface area contributed by atoms with Gasteiger partial charge in [0.25, 0.3) is 0 Å². The molecule has 0 saturated carbocycles. The lowest BCUT2D eigenvalue weighted by Gasteiger charge is -2.09. The fraction of sp³-hybridized carbons (Fsp3) is 0.286. The van der Waals surface area contributed by atoms with Crippen molar-refractivity contribution in [1.82, 2.24) is 14.8 Å². The number of ether oxygens (including phenoxy) is 1. The molecule has 3 aromatic rings. The summed E-state index contributed by atoms with van der Waals surface area (Å²) >= 11 is 1.40. The molecule has 0 aliphatic rings. The Labute approximate surface area is 163 Å². The highest BCUT2D eigenvalue weighted by Crippen LogP contribution is 2.30. The average molecular weight is 382 g/mol. The first kappa shape index (κ1) is 19.2. The molecule has 0 atom stereocenters. The van der Waals surface area contributed by atoms with Gasteiger partial charge >= 0.3 is 0 Å². The van der Waals surface area contributed by atoms with Crippen molar-refractivity contribution < 1.29 is 9.53 Å². The highest BCUT2D eigenvalue weighted by molar-refractivity contribution is 7.99. The van der Waals surface area contributed by atoms with Crippen LogP contribution in [0.15, 0.2) is 41.6 Å². The first-order valence-electron chi connectivity index (χ1n) is 8.69. The maximum Gasteiger partial charge on any atom is 0.191 e. The monoisotopic (exact) mass is 381 g/mol. The number of ketones is 1. The molecule has 0 radical (unpaired) electrons. The molecule has 0 aliphatic heterocycles. The Hall–Kier alpha value is -2.60. The van der Waals surface area contributed by atoms with E-state index in [2.05, 4.69) is 23.2 Å². The first-order chi connectivity index (χ1) is 12.9. The Bertz CT molecular complexity index is 995. The Balaban J connectivity index is 1.79. The van der Waals surface area contributed by atoms with Crippen LogP contribution in [0.5, 0.6) is 5.75 Å². The van der Waals surface area contributed by atoms with Crippen molar-refractivity contribution in [2.75, 3.05) is 12.9 Å². The summed E-state index contributed by atoms with van der Waals surface area (Å²) in [7, 11) is 3.53. The Morgan fingerprint density at radius 3 is 2.52 bits per heavy atom. The quantitative estimate of drug-likeness (QED) is 0.468. The predicted molar refractivity (Wildman–Crippen MR) is 109 cm³/mol. The van der Waals surface area contributed by atoms with Gasteiger partial charge < -0.3 is 9.30 Å². The second-order valence-electron chi connectivity index (χ2n) is 6.53. The molecule has 0 amide bonds. The van der Waals surface area contributed by atoms with E-state index in [4.69, 9.17) is 4.74 Å². The largest absolute Gasteiger partial charge is 0.496 e. The molecule has 5 nitrogen and oxygen atoms in total. The molecule has 0 saturated heterocycles. The van der Waals surface area contributed by atoms with Gasteiger partial charge in [-0.25, -0.2) is 0 Å². The van der Waals surface area contributed by atoms with Crippen LogP contribution < -0.4 is 4.74 Å². The molecule has 3 rings (SSSR count). The summed E-state index contributed by atoms with van der Waals surface area (Å²) in [4.78, 5) is 12.7. The Kier molecular flexibility index (Phi) is 5.65. The van der Waals surface area contributed by atoms with Crippen LogP contribution in [0.3, 0.4) is 0 Å². The molecule has 0 unspecified atom stereocenters. The van der Waals surface area contributed by atoms with Crippen LogP contribution in [0.4, 0.5) is 0 Å². The molecule has 0 aliphatic carbocycles. The standard InChI is InChI=1S/C21H23N3O2S/c1-13-10-15(3)17(11-14(13)2)18(25)12-27-21-23-22-20(24(21)4)16-8-6-7-9-19(16)26-5/h6-11H,12H2,1-5H3. The summed E-state index contributed by atoms with van der Waals surface area (Å²) in [6, 6.07) is 11.7. The van der Waals surface area contributed by atoms with Gasteiger partial charge in [0.1, 0.15) is 5.75 Å². The van der Waals surface area contributed by atoms with Crippen molar-refractivity contribution in [2.45, 2.75) is 25.9 Å². The average Bonchev–Trinajstić information content (AvgIpc) is 3.03. The number of Topliss-reactive ketones (excluding diaryl/α,β-unsaturated/α-hetero) is 1. The number of nitrogens with zero attached hydrogens (tertiary/aromatic N) is 3.